The molecular formula is C16H26N2O2. The Kier molecular flexibility index (Phi) is 5.40. The molecule has 3 N–H and O–H groups in total. The highest BCUT2D eigenvalue weighted by molar-refractivity contribution is 5.31. The number of piperidine rings is 1. The largest absolute Gasteiger partial charge is 0.497 e. The molecular weight excluding hydrogens is 252 g/mol. The Morgan fingerprint density at radius 2 is 2.10 bits per heavy atom. The van der Waals surface area contributed by atoms with Crippen LogP contribution in [0.15, 0.2) is 24.3 Å². The average molecular weight is 278 g/mol. The maximum absolute atomic E-state index is 9.68. The van der Waals surface area contributed by atoms with Crippen LogP contribution in [-0.2, 0) is 0 Å². The fraction of sp³-hybridized carbons (Fsp3) is 0.625. The second-order valence-corrected chi connectivity index (χ2v) is 5.56. The van der Waals surface area contributed by atoms with Gasteiger partial charge in [0.25, 0.3) is 0 Å². The molecule has 2 atom stereocenters. The van der Waals surface area contributed by atoms with Crippen molar-refractivity contribution in [2.45, 2.75) is 44.4 Å². The standard InChI is InChI=1S/C16H26N2O2/c1-3-15(17)16(18-9-7-13(19)8-10-18)12-5-4-6-14(11-12)20-2/h4-6,11,13,15-16,19H,3,7-10,17H2,1-2H3. The number of nitrogens with zero attached hydrogens (tertiary/aromatic N) is 1. The molecule has 112 valence electrons. The van der Waals surface area contributed by atoms with E-state index >= 15 is 0 Å². The van der Waals surface area contributed by atoms with Crippen molar-refractivity contribution >= 4 is 0 Å². The molecule has 1 saturated heterocycles. The maximum atomic E-state index is 9.68. The van der Waals surface area contributed by atoms with Crippen LogP contribution in [0.1, 0.15) is 37.8 Å². The molecule has 4 nitrogen and oxygen atoms in total. The van der Waals surface area contributed by atoms with Crippen molar-refractivity contribution in [2.24, 2.45) is 5.73 Å². The van der Waals surface area contributed by atoms with Crippen molar-refractivity contribution in [2.75, 3.05) is 20.2 Å². The van der Waals surface area contributed by atoms with Crippen molar-refractivity contribution in [1.82, 2.24) is 4.90 Å². The van der Waals surface area contributed by atoms with Gasteiger partial charge in [0.05, 0.1) is 13.2 Å². The Labute approximate surface area is 121 Å². The highest BCUT2D eigenvalue weighted by Crippen LogP contribution is 2.30. The highest BCUT2D eigenvalue weighted by Gasteiger charge is 2.29. The maximum Gasteiger partial charge on any atom is 0.119 e. The number of ether oxygens (including phenoxy) is 1. The minimum absolute atomic E-state index is 0.0948. The van der Waals surface area contributed by atoms with Gasteiger partial charge in [-0.05, 0) is 37.0 Å². The summed E-state index contributed by atoms with van der Waals surface area (Å²) in [6.07, 6.45) is 2.43. The van der Waals surface area contributed by atoms with E-state index in [1.54, 1.807) is 7.11 Å². The minimum atomic E-state index is -0.157. The molecule has 0 saturated carbocycles. The topological polar surface area (TPSA) is 58.7 Å². The fourth-order valence-electron chi connectivity index (χ4n) is 2.94. The van der Waals surface area contributed by atoms with Crippen molar-refractivity contribution in [3.8, 4) is 5.75 Å². The smallest absolute Gasteiger partial charge is 0.119 e. The summed E-state index contributed by atoms with van der Waals surface area (Å²) < 4.78 is 5.32. The third kappa shape index (κ3) is 3.51. The predicted molar refractivity (Wildman–Crippen MR) is 80.8 cm³/mol. The van der Waals surface area contributed by atoms with Crippen LogP contribution in [0.2, 0.25) is 0 Å². The second kappa shape index (κ2) is 7.07. The first-order valence-corrected chi connectivity index (χ1v) is 7.47. The van der Waals surface area contributed by atoms with Gasteiger partial charge in [-0.2, -0.15) is 0 Å². The summed E-state index contributed by atoms with van der Waals surface area (Å²) in [5.41, 5.74) is 7.57. The predicted octanol–water partition coefficient (Wildman–Crippen LogP) is 1.93. The van der Waals surface area contributed by atoms with Gasteiger partial charge < -0.3 is 15.6 Å². The molecule has 1 aliphatic rings. The quantitative estimate of drug-likeness (QED) is 0.864. The van der Waals surface area contributed by atoms with E-state index in [0.717, 1.165) is 38.1 Å². The van der Waals surface area contributed by atoms with Gasteiger partial charge >= 0.3 is 0 Å². The van der Waals surface area contributed by atoms with E-state index in [2.05, 4.69) is 24.0 Å². The number of hydrogen-bond donors (Lipinski definition) is 2. The van der Waals surface area contributed by atoms with Crippen LogP contribution >= 0.6 is 0 Å². The molecule has 20 heavy (non-hydrogen) atoms. The van der Waals surface area contributed by atoms with Crippen LogP contribution in [0.5, 0.6) is 5.75 Å². The molecule has 1 aliphatic heterocycles. The van der Waals surface area contributed by atoms with E-state index < -0.39 is 0 Å². The molecule has 0 aromatic heterocycles. The third-order valence-corrected chi connectivity index (χ3v) is 4.20. The van der Waals surface area contributed by atoms with E-state index in [0.29, 0.717) is 0 Å². The Bertz CT molecular complexity index is 417. The number of hydrogen-bond acceptors (Lipinski definition) is 4. The number of nitrogens with two attached hydrogens (primary N) is 1. The van der Waals surface area contributed by atoms with Gasteiger partial charge in [0, 0.05) is 25.2 Å². The van der Waals surface area contributed by atoms with Gasteiger partial charge in [-0.15, -0.1) is 0 Å². The van der Waals surface area contributed by atoms with E-state index in [1.165, 1.54) is 5.56 Å². The number of methoxy groups -OCH3 is 1. The molecule has 1 aromatic rings. The molecule has 1 heterocycles. The summed E-state index contributed by atoms with van der Waals surface area (Å²) in [5, 5.41) is 9.68. The Balaban J connectivity index is 2.22. The molecule has 0 spiro atoms. The van der Waals surface area contributed by atoms with Gasteiger partial charge in [-0.3, -0.25) is 4.90 Å². The van der Waals surface area contributed by atoms with E-state index in [1.807, 2.05) is 12.1 Å². The molecule has 0 bridgehead atoms. The normalized spacial score (nSPS) is 20.6. The summed E-state index contributed by atoms with van der Waals surface area (Å²) in [5.74, 6) is 0.868. The first-order chi connectivity index (χ1) is 9.65. The molecule has 0 radical (unpaired) electrons. The average Bonchev–Trinajstić information content (AvgIpc) is 2.49. The number of likely N-dealkylation sites (tertiary alicyclic amines) is 1. The summed E-state index contributed by atoms with van der Waals surface area (Å²) in [7, 11) is 1.69. The number of rotatable bonds is 5. The van der Waals surface area contributed by atoms with E-state index in [4.69, 9.17) is 10.5 Å². The molecule has 4 heteroatoms. The molecule has 0 aliphatic carbocycles. The number of aliphatic hydroxyl groups excluding tert-OH is 1. The van der Waals surface area contributed by atoms with Gasteiger partial charge in [0.1, 0.15) is 5.75 Å². The van der Waals surface area contributed by atoms with Crippen LogP contribution in [0.3, 0.4) is 0 Å². The fourth-order valence-corrected chi connectivity index (χ4v) is 2.94. The van der Waals surface area contributed by atoms with Gasteiger partial charge in [-0.25, -0.2) is 0 Å². The lowest BCUT2D eigenvalue weighted by molar-refractivity contribution is 0.0528. The Morgan fingerprint density at radius 1 is 1.40 bits per heavy atom. The van der Waals surface area contributed by atoms with Crippen LogP contribution < -0.4 is 10.5 Å². The molecule has 2 rings (SSSR count). The van der Waals surface area contributed by atoms with E-state index in [-0.39, 0.29) is 18.2 Å². The Morgan fingerprint density at radius 3 is 2.70 bits per heavy atom. The van der Waals surface area contributed by atoms with Gasteiger partial charge in [0.2, 0.25) is 0 Å². The molecule has 1 fully saturated rings. The first-order valence-electron chi connectivity index (χ1n) is 7.47. The van der Waals surface area contributed by atoms with Gasteiger partial charge in [0.15, 0.2) is 0 Å². The Hall–Kier alpha value is -1.10. The summed E-state index contributed by atoms with van der Waals surface area (Å²) >= 11 is 0. The lowest BCUT2D eigenvalue weighted by Gasteiger charge is -2.39. The number of aliphatic hydroxyl groups is 1. The third-order valence-electron chi connectivity index (χ3n) is 4.20. The monoisotopic (exact) mass is 278 g/mol. The zero-order chi connectivity index (χ0) is 14.5. The molecule has 0 amide bonds. The molecule has 1 aromatic carbocycles. The van der Waals surface area contributed by atoms with Crippen LogP contribution in [0, 0.1) is 0 Å². The van der Waals surface area contributed by atoms with Gasteiger partial charge in [-0.1, -0.05) is 19.1 Å². The summed E-state index contributed by atoms with van der Waals surface area (Å²) in [4.78, 5) is 2.40. The van der Waals surface area contributed by atoms with Crippen molar-refractivity contribution in [3.05, 3.63) is 29.8 Å². The zero-order valence-corrected chi connectivity index (χ0v) is 12.5. The van der Waals surface area contributed by atoms with Crippen LogP contribution in [-0.4, -0.2) is 42.4 Å². The lowest BCUT2D eigenvalue weighted by atomic mass is 9.93. The second-order valence-electron chi connectivity index (χ2n) is 5.56. The SMILES string of the molecule is CCC(N)C(c1cccc(OC)c1)N1CCC(O)CC1. The minimum Gasteiger partial charge on any atom is -0.497 e. The summed E-state index contributed by atoms with van der Waals surface area (Å²) in [6, 6.07) is 8.46. The van der Waals surface area contributed by atoms with Crippen molar-refractivity contribution < 1.29 is 9.84 Å². The van der Waals surface area contributed by atoms with Crippen LogP contribution in [0.4, 0.5) is 0 Å². The number of benzene rings is 1. The zero-order valence-electron chi connectivity index (χ0n) is 12.5. The summed E-state index contributed by atoms with van der Waals surface area (Å²) in [6.45, 7) is 3.92. The van der Waals surface area contributed by atoms with Crippen molar-refractivity contribution in [3.63, 3.8) is 0 Å². The van der Waals surface area contributed by atoms with Crippen LogP contribution in [0.25, 0.3) is 0 Å². The first kappa shape index (κ1) is 15.3. The molecule has 2 unspecified atom stereocenters. The van der Waals surface area contributed by atoms with E-state index in [9.17, 15) is 5.11 Å². The highest BCUT2D eigenvalue weighted by atomic mass is 16.5. The lowest BCUT2D eigenvalue weighted by Crippen LogP contribution is -2.45. The van der Waals surface area contributed by atoms with Crippen molar-refractivity contribution in [1.29, 1.82) is 0 Å².